The Morgan fingerprint density at radius 3 is 2.76 bits per heavy atom. The molecular weight excluding hydrogens is 450 g/mol. The second-order valence-corrected chi connectivity index (χ2v) is 8.99. The van der Waals surface area contributed by atoms with Crippen LogP contribution < -0.4 is 10.6 Å². The predicted molar refractivity (Wildman–Crippen MR) is 135 cm³/mol. The quantitative estimate of drug-likeness (QED) is 0.363. The van der Waals surface area contributed by atoms with Crippen molar-refractivity contribution in [3.05, 3.63) is 71.6 Å². The first-order valence-electron chi connectivity index (χ1n) is 11.7. The fraction of sp³-hybridized carbons (Fsp3) is 0.308. The summed E-state index contributed by atoms with van der Waals surface area (Å²) in [5, 5.41) is 12.4. The molecule has 0 aliphatic carbocycles. The van der Waals surface area contributed by atoms with Gasteiger partial charge in [0, 0.05) is 23.2 Å². The lowest BCUT2D eigenvalue weighted by Crippen LogP contribution is -2.27. The zero-order chi connectivity index (χ0) is 23.3. The van der Waals surface area contributed by atoms with Crippen molar-refractivity contribution in [2.45, 2.75) is 25.9 Å². The van der Waals surface area contributed by atoms with E-state index in [0.29, 0.717) is 17.3 Å². The Labute approximate surface area is 203 Å². The van der Waals surface area contributed by atoms with Crippen LogP contribution in [0.25, 0.3) is 22.2 Å². The van der Waals surface area contributed by atoms with Crippen molar-refractivity contribution < 1.29 is 9.21 Å². The summed E-state index contributed by atoms with van der Waals surface area (Å²) >= 11 is 6.24. The van der Waals surface area contributed by atoms with Crippen LogP contribution in [0.5, 0.6) is 0 Å². The van der Waals surface area contributed by atoms with Gasteiger partial charge in [-0.05, 0) is 68.4 Å². The van der Waals surface area contributed by atoms with Crippen molar-refractivity contribution in [3.8, 4) is 11.3 Å². The number of nitrogens with zero attached hydrogens (tertiary/aromatic N) is 3. The highest BCUT2D eigenvalue weighted by Gasteiger charge is 2.13. The average Bonchev–Trinajstić information content (AvgIpc) is 3.59. The first-order valence-corrected chi connectivity index (χ1v) is 12.1. The molecule has 8 heteroatoms. The Hall–Kier alpha value is -3.13. The number of amides is 1. The van der Waals surface area contributed by atoms with E-state index in [4.69, 9.17) is 16.0 Å². The summed E-state index contributed by atoms with van der Waals surface area (Å²) < 4.78 is 7.89. The number of likely N-dealkylation sites (tertiary alicyclic amines) is 1. The van der Waals surface area contributed by atoms with Crippen LogP contribution in [0.15, 0.2) is 65.2 Å². The molecule has 4 aromatic rings. The van der Waals surface area contributed by atoms with Crippen LogP contribution in [-0.2, 0) is 17.9 Å². The van der Waals surface area contributed by atoms with E-state index in [0.717, 1.165) is 41.0 Å². The van der Waals surface area contributed by atoms with E-state index < -0.39 is 0 Å². The Balaban J connectivity index is 1.14. The molecule has 1 saturated heterocycles. The topological polar surface area (TPSA) is 75.3 Å². The van der Waals surface area contributed by atoms with E-state index >= 15 is 0 Å². The molecule has 0 bridgehead atoms. The first kappa shape index (κ1) is 22.7. The molecule has 0 atom stereocenters. The summed E-state index contributed by atoms with van der Waals surface area (Å²) in [6.07, 6.45) is 4.45. The van der Waals surface area contributed by atoms with Crippen LogP contribution in [-0.4, -0.2) is 46.8 Å². The van der Waals surface area contributed by atoms with Crippen LogP contribution in [0.1, 0.15) is 18.6 Å². The molecule has 34 heavy (non-hydrogen) atoms. The molecule has 0 unspecified atom stereocenters. The molecule has 0 saturated carbocycles. The monoisotopic (exact) mass is 477 g/mol. The number of hydrogen-bond acceptors (Lipinski definition) is 5. The molecule has 2 aromatic heterocycles. The van der Waals surface area contributed by atoms with Crippen LogP contribution in [0.2, 0.25) is 5.02 Å². The largest absolute Gasteiger partial charge is 0.460 e. The third-order valence-corrected chi connectivity index (χ3v) is 6.47. The van der Waals surface area contributed by atoms with Gasteiger partial charge < -0.3 is 20.0 Å². The SMILES string of the molecule is O=C(CNCc1ccc(-c2ccccc2Cl)o1)Nc1ccc2cnn(CCN3CCCC3)c2c1. The lowest BCUT2D eigenvalue weighted by atomic mass is 10.2. The van der Waals surface area contributed by atoms with Gasteiger partial charge in [-0.3, -0.25) is 9.48 Å². The van der Waals surface area contributed by atoms with Gasteiger partial charge in [-0.25, -0.2) is 0 Å². The second-order valence-electron chi connectivity index (χ2n) is 8.59. The molecule has 2 N–H and O–H groups in total. The maximum absolute atomic E-state index is 12.5. The normalized spacial score (nSPS) is 14.1. The number of furan rings is 1. The van der Waals surface area contributed by atoms with Crippen molar-refractivity contribution in [1.82, 2.24) is 20.0 Å². The Kier molecular flexibility index (Phi) is 6.94. The number of aromatic nitrogens is 2. The number of fused-ring (bicyclic) bond motifs is 1. The number of nitrogens with one attached hydrogen (secondary N) is 2. The number of anilines is 1. The van der Waals surface area contributed by atoms with E-state index in [1.807, 2.05) is 65.5 Å². The molecule has 3 heterocycles. The van der Waals surface area contributed by atoms with E-state index in [1.54, 1.807) is 0 Å². The zero-order valence-electron chi connectivity index (χ0n) is 19.0. The molecule has 5 rings (SSSR count). The molecule has 1 fully saturated rings. The minimum atomic E-state index is -0.111. The van der Waals surface area contributed by atoms with Gasteiger partial charge in [0.2, 0.25) is 5.91 Å². The van der Waals surface area contributed by atoms with E-state index in [9.17, 15) is 4.79 Å². The smallest absolute Gasteiger partial charge is 0.238 e. The van der Waals surface area contributed by atoms with Crippen molar-refractivity contribution in [2.75, 3.05) is 31.5 Å². The minimum absolute atomic E-state index is 0.111. The Morgan fingerprint density at radius 1 is 1.06 bits per heavy atom. The molecule has 176 valence electrons. The number of hydrogen-bond donors (Lipinski definition) is 2. The second kappa shape index (κ2) is 10.4. The van der Waals surface area contributed by atoms with Crippen molar-refractivity contribution >= 4 is 34.1 Å². The van der Waals surface area contributed by atoms with Gasteiger partial charge in [0.1, 0.15) is 11.5 Å². The number of carbonyl (C=O) groups excluding carboxylic acids is 1. The summed E-state index contributed by atoms with van der Waals surface area (Å²) in [5.74, 6) is 1.34. The number of rotatable bonds is 9. The van der Waals surface area contributed by atoms with Gasteiger partial charge in [0.25, 0.3) is 0 Å². The predicted octanol–water partition coefficient (Wildman–Crippen LogP) is 4.77. The van der Waals surface area contributed by atoms with Gasteiger partial charge in [-0.15, -0.1) is 0 Å². The summed E-state index contributed by atoms with van der Waals surface area (Å²) in [5.41, 5.74) is 2.65. The van der Waals surface area contributed by atoms with Gasteiger partial charge in [0.15, 0.2) is 0 Å². The van der Waals surface area contributed by atoms with Crippen LogP contribution in [0.4, 0.5) is 5.69 Å². The minimum Gasteiger partial charge on any atom is -0.460 e. The molecule has 1 aliphatic rings. The third-order valence-electron chi connectivity index (χ3n) is 6.14. The molecular formula is C26H28ClN5O2. The summed E-state index contributed by atoms with van der Waals surface area (Å²) in [6.45, 7) is 4.82. The van der Waals surface area contributed by atoms with Crippen molar-refractivity contribution in [2.24, 2.45) is 0 Å². The maximum Gasteiger partial charge on any atom is 0.238 e. The van der Waals surface area contributed by atoms with Gasteiger partial charge >= 0.3 is 0 Å². The highest BCUT2D eigenvalue weighted by molar-refractivity contribution is 6.33. The maximum atomic E-state index is 12.5. The highest BCUT2D eigenvalue weighted by Crippen LogP contribution is 2.29. The average molecular weight is 478 g/mol. The first-order chi connectivity index (χ1) is 16.7. The fourth-order valence-corrected chi connectivity index (χ4v) is 4.58. The molecule has 7 nitrogen and oxygen atoms in total. The lowest BCUT2D eigenvalue weighted by Gasteiger charge is -2.14. The molecule has 0 radical (unpaired) electrons. The van der Waals surface area contributed by atoms with Gasteiger partial charge in [0.05, 0.1) is 36.4 Å². The highest BCUT2D eigenvalue weighted by atomic mass is 35.5. The lowest BCUT2D eigenvalue weighted by molar-refractivity contribution is -0.115. The molecule has 1 amide bonds. The van der Waals surface area contributed by atoms with Gasteiger partial charge in [-0.2, -0.15) is 5.10 Å². The van der Waals surface area contributed by atoms with Crippen LogP contribution >= 0.6 is 11.6 Å². The van der Waals surface area contributed by atoms with Crippen LogP contribution in [0, 0.1) is 0 Å². The number of carbonyl (C=O) groups is 1. The molecule has 0 spiro atoms. The van der Waals surface area contributed by atoms with E-state index in [2.05, 4.69) is 20.6 Å². The molecule has 2 aromatic carbocycles. The van der Waals surface area contributed by atoms with Gasteiger partial charge in [-0.1, -0.05) is 23.7 Å². The summed E-state index contributed by atoms with van der Waals surface area (Å²) in [6, 6.07) is 17.2. The fourth-order valence-electron chi connectivity index (χ4n) is 4.35. The Morgan fingerprint density at radius 2 is 1.91 bits per heavy atom. The van der Waals surface area contributed by atoms with Crippen molar-refractivity contribution in [1.29, 1.82) is 0 Å². The summed E-state index contributed by atoms with van der Waals surface area (Å²) in [4.78, 5) is 15.0. The van der Waals surface area contributed by atoms with E-state index in [1.165, 1.54) is 25.9 Å². The third kappa shape index (κ3) is 5.33. The molecule has 1 aliphatic heterocycles. The summed E-state index contributed by atoms with van der Waals surface area (Å²) in [7, 11) is 0. The van der Waals surface area contributed by atoms with Crippen molar-refractivity contribution in [3.63, 3.8) is 0 Å². The number of benzene rings is 2. The van der Waals surface area contributed by atoms with E-state index in [-0.39, 0.29) is 12.5 Å². The zero-order valence-corrected chi connectivity index (χ0v) is 19.7. The van der Waals surface area contributed by atoms with Crippen LogP contribution in [0.3, 0.4) is 0 Å². The Bertz CT molecular complexity index is 1280. The number of halogens is 1. The standard InChI is InChI=1S/C26H28ClN5O2/c27-23-6-2-1-5-22(23)25-10-9-21(34-25)17-28-18-26(33)30-20-8-7-19-16-29-32(24(19)15-20)14-13-31-11-3-4-12-31/h1-2,5-10,15-16,28H,3-4,11-14,17-18H2,(H,30,33).